The number of carbonyl (C=O) groups is 1. The zero-order valence-electron chi connectivity index (χ0n) is 15.8. The Morgan fingerprint density at radius 2 is 1.88 bits per heavy atom. The highest BCUT2D eigenvalue weighted by molar-refractivity contribution is 5.97. The van der Waals surface area contributed by atoms with Crippen LogP contribution in [0.4, 0.5) is 0 Å². The lowest BCUT2D eigenvalue weighted by atomic mass is 9.86. The van der Waals surface area contributed by atoms with E-state index >= 15 is 0 Å². The Morgan fingerprint density at radius 1 is 1.20 bits per heavy atom. The molecule has 3 rings (SSSR count). The summed E-state index contributed by atoms with van der Waals surface area (Å²) >= 11 is 0. The molecule has 0 aromatic heterocycles. The highest BCUT2D eigenvalue weighted by Gasteiger charge is 2.39. The first-order valence-electron chi connectivity index (χ1n) is 8.98. The van der Waals surface area contributed by atoms with Crippen LogP contribution in [0.25, 0.3) is 0 Å². The van der Waals surface area contributed by atoms with Crippen molar-refractivity contribution in [3.8, 4) is 0 Å². The first kappa shape index (κ1) is 17.5. The first-order chi connectivity index (χ1) is 11.9. The molecule has 1 aliphatic carbocycles. The predicted octanol–water partition coefficient (Wildman–Crippen LogP) is 5.21. The summed E-state index contributed by atoms with van der Waals surface area (Å²) in [5.41, 5.74) is 5.43. The third-order valence-corrected chi connectivity index (χ3v) is 5.07. The van der Waals surface area contributed by atoms with E-state index in [1.165, 1.54) is 5.57 Å². The van der Waals surface area contributed by atoms with Gasteiger partial charge in [-0.25, -0.2) is 0 Å². The van der Waals surface area contributed by atoms with Crippen LogP contribution in [0.5, 0.6) is 0 Å². The normalized spacial score (nSPS) is 19.8. The molecule has 0 fully saturated rings. The fourth-order valence-electron chi connectivity index (χ4n) is 3.77. The maximum Gasteiger partial charge on any atom is 0.262 e. The Balaban J connectivity index is 2.02. The summed E-state index contributed by atoms with van der Waals surface area (Å²) in [6.07, 6.45) is 5.88. The minimum absolute atomic E-state index is 0.0572. The fraction of sp³-hybridized carbons (Fsp3) is 0.409. The second kappa shape index (κ2) is 6.91. The summed E-state index contributed by atoms with van der Waals surface area (Å²) in [5.74, 6) is 1.84. The average molecular weight is 337 g/mol. The Hall–Kier alpha value is -2.29. The number of rotatable bonds is 4. The van der Waals surface area contributed by atoms with Gasteiger partial charge in [0.25, 0.3) is 5.91 Å². The van der Waals surface area contributed by atoms with Gasteiger partial charge >= 0.3 is 0 Å². The molecular formula is C22H27NO2. The lowest BCUT2D eigenvalue weighted by molar-refractivity contribution is 0.0844. The molecule has 0 saturated heterocycles. The molecule has 0 saturated carbocycles. The van der Waals surface area contributed by atoms with Crippen molar-refractivity contribution in [2.75, 3.05) is 7.11 Å². The molecule has 1 unspecified atom stereocenters. The van der Waals surface area contributed by atoms with E-state index in [-0.39, 0.29) is 11.8 Å². The quantitative estimate of drug-likeness (QED) is 0.755. The number of amides is 1. The van der Waals surface area contributed by atoms with Crippen molar-refractivity contribution in [1.82, 2.24) is 4.90 Å². The average Bonchev–Trinajstić information content (AvgIpc) is 2.86. The Bertz CT molecular complexity index is 766. The summed E-state index contributed by atoms with van der Waals surface area (Å²) in [6, 6.07) is 7.82. The van der Waals surface area contributed by atoms with Gasteiger partial charge in [-0.05, 0) is 56.0 Å². The maximum absolute atomic E-state index is 13.2. The van der Waals surface area contributed by atoms with Crippen molar-refractivity contribution in [1.29, 1.82) is 0 Å². The molecule has 2 aliphatic rings. The van der Waals surface area contributed by atoms with Gasteiger partial charge in [-0.1, -0.05) is 31.5 Å². The van der Waals surface area contributed by atoms with Gasteiger partial charge in [-0.2, -0.15) is 0 Å². The van der Waals surface area contributed by atoms with Crippen LogP contribution in [0.3, 0.4) is 0 Å². The van der Waals surface area contributed by atoms with Crippen molar-refractivity contribution >= 4 is 5.91 Å². The minimum Gasteiger partial charge on any atom is -0.501 e. The number of fused-ring (bicyclic) bond motifs is 1. The van der Waals surface area contributed by atoms with Crippen LogP contribution in [0.1, 0.15) is 49.5 Å². The molecule has 1 aromatic rings. The van der Waals surface area contributed by atoms with Gasteiger partial charge in [0.1, 0.15) is 0 Å². The summed E-state index contributed by atoms with van der Waals surface area (Å²) in [6.45, 7) is 8.57. The van der Waals surface area contributed by atoms with E-state index in [1.54, 1.807) is 7.11 Å². The second-order valence-electron chi connectivity index (χ2n) is 7.40. The van der Waals surface area contributed by atoms with Gasteiger partial charge in [0.05, 0.1) is 12.9 Å². The van der Waals surface area contributed by atoms with Gasteiger partial charge in [-0.3, -0.25) is 9.69 Å². The van der Waals surface area contributed by atoms with E-state index in [4.69, 9.17) is 4.74 Å². The number of methoxy groups -OCH3 is 1. The fourth-order valence-corrected chi connectivity index (χ4v) is 3.77. The zero-order chi connectivity index (χ0) is 18.1. The Kier molecular flexibility index (Phi) is 4.85. The van der Waals surface area contributed by atoms with Crippen molar-refractivity contribution in [3.63, 3.8) is 0 Å². The van der Waals surface area contributed by atoms with E-state index in [2.05, 4.69) is 26.8 Å². The van der Waals surface area contributed by atoms with Crippen LogP contribution in [0, 0.1) is 18.8 Å². The lowest BCUT2D eigenvalue weighted by Gasteiger charge is -2.26. The lowest BCUT2D eigenvalue weighted by Crippen LogP contribution is -2.28. The zero-order valence-corrected chi connectivity index (χ0v) is 15.8. The van der Waals surface area contributed by atoms with Gasteiger partial charge in [0.2, 0.25) is 0 Å². The Labute approximate surface area is 150 Å². The third kappa shape index (κ3) is 3.28. The number of allylic oxidation sites excluding steroid dienone is 5. The molecule has 1 aromatic carbocycles. The van der Waals surface area contributed by atoms with Crippen molar-refractivity contribution in [2.45, 2.75) is 40.5 Å². The van der Waals surface area contributed by atoms with E-state index in [1.807, 2.05) is 42.2 Å². The third-order valence-electron chi connectivity index (χ3n) is 5.07. The number of hydrogen-bond donors (Lipinski definition) is 0. The van der Waals surface area contributed by atoms with Crippen molar-refractivity contribution in [2.24, 2.45) is 11.8 Å². The van der Waals surface area contributed by atoms with Gasteiger partial charge in [0.15, 0.2) is 0 Å². The molecule has 1 amide bonds. The summed E-state index contributed by atoms with van der Waals surface area (Å²) in [7, 11) is 1.72. The summed E-state index contributed by atoms with van der Waals surface area (Å²) in [5, 5.41) is 0. The SMILES string of the molecule is COC1=CC=C2C(C1)C(CC(C)C)=C(C)N2C(=O)c1ccc(C)cc1. The molecule has 25 heavy (non-hydrogen) atoms. The number of carbonyl (C=O) groups excluding carboxylic acids is 1. The van der Waals surface area contributed by atoms with E-state index in [0.29, 0.717) is 5.92 Å². The predicted molar refractivity (Wildman–Crippen MR) is 101 cm³/mol. The molecule has 3 heteroatoms. The minimum atomic E-state index is 0.0572. The monoisotopic (exact) mass is 337 g/mol. The van der Waals surface area contributed by atoms with Gasteiger partial charge in [-0.15, -0.1) is 0 Å². The second-order valence-corrected chi connectivity index (χ2v) is 7.40. The topological polar surface area (TPSA) is 29.5 Å². The molecule has 0 bridgehead atoms. The standard InChI is InChI=1S/C22H27NO2/c1-14(2)12-19-16(4)23(21-11-10-18(25-5)13-20(19)21)22(24)17-8-6-15(3)7-9-17/h6-11,14,20H,12-13H2,1-5H3. The van der Waals surface area contributed by atoms with Gasteiger partial charge < -0.3 is 4.74 Å². The van der Waals surface area contributed by atoms with Crippen LogP contribution in [-0.2, 0) is 4.74 Å². The number of benzene rings is 1. The summed E-state index contributed by atoms with van der Waals surface area (Å²) in [4.78, 5) is 15.1. The Morgan fingerprint density at radius 3 is 2.48 bits per heavy atom. The molecule has 3 nitrogen and oxygen atoms in total. The number of nitrogens with zero attached hydrogens (tertiary/aromatic N) is 1. The maximum atomic E-state index is 13.2. The van der Waals surface area contributed by atoms with Crippen molar-refractivity contribution in [3.05, 3.63) is 70.3 Å². The molecule has 0 N–H and O–H groups in total. The highest BCUT2D eigenvalue weighted by atomic mass is 16.5. The summed E-state index contributed by atoms with van der Waals surface area (Å²) < 4.78 is 5.47. The van der Waals surface area contributed by atoms with Crippen LogP contribution < -0.4 is 0 Å². The molecule has 1 atom stereocenters. The molecule has 0 radical (unpaired) electrons. The van der Waals surface area contributed by atoms with Crippen LogP contribution in [0.15, 0.2) is 59.1 Å². The largest absolute Gasteiger partial charge is 0.501 e. The molecule has 0 spiro atoms. The molecule has 1 heterocycles. The van der Waals surface area contributed by atoms with E-state index in [9.17, 15) is 4.79 Å². The highest BCUT2D eigenvalue weighted by Crippen LogP contribution is 2.45. The first-order valence-corrected chi connectivity index (χ1v) is 8.98. The van der Waals surface area contributed by atoms with Crippen molar-refractivity contribution < 1.29 is 9.53 Å². The van der Waals surface area contributed by atoms with Crippen LogP contribution in [0.2, 0.25) is 0 Å². The van der Waals surface area contributed by atoms with Gasteiger partial charge in [0, 0.05) is 29.3 Å². The number of ether oxygens (including phenoxy) is 1. The van der Waals surface area contributed by atoms with Crippen LogP contribution in [-0.4, -0.2) is 17.9 Å². The molecule has 1 aliphatic heterocycles. The molecular weight excluding hydrogens is 310 g/mol. The molecule has 132 valence electrons. The van der Waals surface area contributed by atoms with E-state index < -0.39 is 0 Å². The number of hydrogen-bond acceptors (Lipinski definition) is 2. The van der Waals surface area contributed by atoms with E-state index in [0.717, 1.165) is 41.1 Å². The van der Waals surface area contributed by atoms with Crippen LogP contribution >= 0.6 is 0 Å². The number of aryl methyl sites for hydroxylation is 1. The smallest absolute Gasteiger partial charge is 0.262 e.